The summed E-state index contributed by atoms with van der Waals surface area (Å²) in [6.07, 6.45) is 0.947. The summed E-state index contributed by atoms with van der Waals surface area (Å²) in [5.41, 5.74) is 0.734. The van der Waals surface area contributed by atoms with Gasteiger partial charge in [0.15, 0.2) is 0 Å². The molecule has 0 radical (unpaired) electrons. The second kappa shape index (κ2) is 7.27. The average Bonchev–Trinajstić information content (AvgIpc) is 2.41. The van der Waals surface area contributed by atoms with Gasteiger partial charge in [-0.15, -0.1) is 0 Å². The van der Waals surface area contributed by atoms with E-state index in [1.807, 2.05) is 13.0 Å². The molecule has 1 aromatic carbocycles. The Balaban J connectivity index is 2.88. The van der Waals surface area contributed by atoms with Gasteiger partial charge in [0, 0.05) is 13.1 Å². The highest BCUT2D eigenvalue weighted by molar-refractivity contribution is 7.89. The number of anilines is 1. The average molecular weight is 312 g/mol. The van der Waals surface area contributed by atoms with Crippen molar-refractivity contribution in [3.8, 4) is 0 Å². The molecule has 0 bridgehead atoms. The SMILES string of the molecule is CCCNc1ccccc1S(=O)(=O)NCC(C)C(C)(C)C. The highest BCUT2D eigenvalue weighted by Crippen LogP contribution is 2.26. The predicted molar refractivity (Wildman–Crippen MR) is 89.0 cm³/mol. The molecule has 0 amide bonds. The Labute approximate surface area is 129 Å². The van der Waals surface area contributed by atoms with Gasteiger partial charge in [-0.2, -0.15) is 0 Å². The summed E-state index contributed by atoms with van der Waals surface area (Å²) in [6.45, 7) is 11.6. The molecule has 2 N–H and O–H groups in total. The van der Waals surface area contributed by atoms with Crippen molar-refractivity contribution in [3.05, 3.63) is 24.3 Å². The third-order valence-electron chi connectivity index (χ3n) is 3.80. The summed E-state index contributed by atoms with van der Waals surface area (Å²) in [7, 11) is -3.49. The molecule has 0 aliphatic rings. The molecule has 0 fully saturated rings. The molecule has 0 saturated heterocycles. The van der Waals surface area contributed by atoms with Gasteiger partial charge in [-0.1, -0.05) is 46.8 Å². The van der Waals surface area contributed by atoms with Crippen molar-refractivity contribution in [1.29, 1.82) is 0 Å². The summed E-state index contributed by atoms with van der Waals surface area (Å²) in [5.74, 6) is 0.253. The van der Waals surface area contributed by atoms with Gasteiger partial charge in [-0.25, -0.2) is 13.1 Å². The van der Waals surface area contributed by atoms with E-state index in [0.717, 1.165) is 13.0 Å². The lowest BCUT2D eigenvalue weighted by atomic mass is 9.82. The molecule has 0 aliphatic heterocycles. The van der Waals surface area contributed by atoms with E-state index in [-0.39, 0.29) is 11.3 Å². The fourth-order valence-corrected chi connectivity index (χ4v) is 3.04. The van der Waals surface area contributed by atoms with Crippen LogP contribution < -0.4 is 10.0 Å². The maximum absolute atomic E-state index is 12.5. The van der Waals surface area contributed by atoms with Crippen LogP contribution in [-0.2, 0) is 10.0 Å². The summed E-state index contributed by atoms with van der Waals surface area (Å²) >= 11 is 0. The Hall–Kier alpha value is -1.07. The van der Waals surface area contributed by atoms with Crippen molar-refractivity contribution >= 4 is 15.7 Å². The van der Waals surface area contributed by atoms with Crippen molar-refractivity contribution in [3.63, 3.8) is 0 Å². The quantitative estimate of drug-likeness (QED) is 0.810. The number of benzene rings is 1. The van der Waals surface area contributed by atoms with Crippen molar-refractivity contribution in [2.45, 2.75) is 45.9 Å². The third kappa shape index (κ3) is 5.32. The zero-order chi connectivity index (χ0) is 16.1. The molecular weight excluding hydrogens is 284 g/mol. The van der Waals surface area contributed by atoms with Crippen LogP contribution in [-0.4, -0.2) is 21.5 Å². The lowest BCUT2D eigenvalue weighted by molar-refractivity contribution is 0.263. The minimum absolute atomic E-state index is 0.0719. The molecule has 0 aliphatic carbocycles. The summed E-state index contributed by atoms with van der Waals surface area (Å²) in [4.78, 5) is 0.319. The third-order valence-corrected chi connectivity index (χ3v) is 5.28. The van der Waals surface area contributed by atoms with Crippen LogP contribution in [0.1, 0.15) is 41.0 Å². The highest BCUT2D eigenvalue weighted by atomic mass is 32.2. The number of sulfonamides is 1. The molecule has 0 spiro atoms. The highest BCUT2D eigenvalue weighted by Gasteiger charge is 2.24. The first-order valence-corrected chi connectivity index (χ1v) is 8.99. The molecule has 0 heterocycles. The van der Waals surface area contributed by atoms with Crippen molar-refractivity contribution in [1.82, 2.24) is 4.72 Å². The first-order valence-electron chi connectivity index (χ1n) is 7.51. The lowest BCUT2D eigenvalue weighted by Gasteiger charge is -2.27. The van der Waals surface area contributed by atoms with Crippen LogP contribution >= 0.6 is 0 Å². The molecule has 4 nitrogen and oxygen atoms in total. The fourth-order valence-electron chi connectivity index (χ4n) is 1.73. The van der Waals surface area contributed by atoms with Crippen molar-refractivity contribution in [2.24, 2.45) is 11.3 Å². The number of rotatable bonds is 7. The number of hydrogen-bond acceptors (Lipinski definition) is 3. The minimum atomic E-state index is -3.49. The molecule has 0 saturated carbocycles. The van der Waals surface area contributed by atoms with E-state index in [2.05, 4.69) is 37.7 Å². The van der Waals surface area contributed by atoms with E-state index in [1.165, 1.54) is 0 Å². The topological polar surface area (TPSA) is 58.2 Å². The Morgan fingerprint density at radius 2 is 1.81 bits per heavy atom. The molecule has 120 valence electrons. The first kappa shape index (κ1) is 18.0. The summed E-state index contributed by atoms with van der Waals surface area (Å²) < 4.78 is 27.7. The fraction of sp³-hybridized carbons (Fsp3) is 0.625. The molecule has 1 unspecified atom stereocenters. The van der Waals surface area contributed by atoms with Gasteiger partial charge < -0.3 is 5.32 Å². The monoisotopic (exact) mass is 312 g/mol. The Morgan fingerprint density at radius 3 is 2.38 bits per heavy atom. The van der Waals surface area contributed by atoms with Crippen molar-refractivity contribution in [2.75, 3.05) is 18.4 Å². The van der Waals surface area contributed by atoms with E-state index in [0.29, 0.717) is 17.1 Å². The van der Waals surface area contributed by atoms with Gasteiger partial charge in [0.1, 0.15) is 4.90 Å². The zero-order valence-corrected chi connectivity index (χ0v) is 14.5. The predicted octanol–water partition coefficient (Wildman–Crippen LogP) is 3.47. The van der Waals surface area contributed by atoms with Crippen LogP contribution in [0.3, 0.4) is 0 Å². The lowest BCUT2D eigenvalue weighted by Crippen LogP contribution is -2.34. The van der Waals surface area contributed by atoms with E-state index in [4.69, 9.17) is 0 Å². The molecule has 0 aromatic heterocycles. The molecular formula is C16H28N2O2S. The minimum Gasteiger partial charge on any atom is -0.384 e. The smallest absolute Gasteiger partial charge is 0.242 e. The van der Waals surface area contributed by atoms with Crippen LogP contribution in [0.4, 0.5) is 5.69 Å². The molecule has 1 rings (SSSR count). The largest absolute Gasteiger partial charge is 0.384 e. The number of para-hydroxylation sites is 1. The van der Waals surface area contributed by atoms with Gasteiger partial charge in [-0.3, -0.25) is 0 Å². The van der Waals surface area contributed by atoms with Gasteiger partial charge in [0.05, 0.1) is 5.69 Å². The standard InChI is InChI=1S/C16H28N2O2S/c1-6-11-17-14-9-7-8-10-15(14)21(19,20)18-12-13(2)16(3,4)5/h7-10,13,17-18H,6,11-12H2,1-5H3. The van der Waals surface area contributed by atoms with E-state index >= 15 is 0 Å². The Kier molecular flexibility index (Phi) is 6.23. The van der Waals surface area contributed by atoms with Crippen LogP contribution in [0.25, 0.3) is 0 Å². The Bertz CT molecular complexity index is 548. The zero-order valence-electron chi connectivity index (χ0n) is 13.7. The van der Waals surface area contributed by atoms with Crippen LogP contribution in [0, 0.1) is 11.3 Å². The molecule has 1 aromatic rings. The molecule has 21 heavy (non-hydrogen) atoms. The normalized spacial score (nSPS) is 14.0. The van der Waals surface area contributed by atoms with Crippen LogP contribution in [0.15, 0.2) is 29.2 Å². The number of nitrogens with one attached hydrogen (secondary N) is 2. The first-order chi connectivity index (χ1) is 9.68. The van der Waals surface area contributed by atoms with E-state index in [9.17, 15) is 8.42 Å². The molecule has 5 heteroatoms. The van der Waals surface area contributed by atoms with Crippen molar-refractivity contribution < 1.29 is 8.42 Å². The van der Waals surface area contributed by atoms with Crippen LogP contribution in [0.2, 0.25) is 0 Å². The second-order valence-electron chi connectivity index (χ2n) is 6.54. The Morgan fingerprint density at radius 1 is 1.19 bits per heavy atom. The van der Waals surface area contributed by atoms with Gasteiger partial charge in [0.2, 0.25) is 10.0 Å². The van der Waals surface area contributed by atoms with Gasteiger partial charge in [-0.05, 0) is 29.9 Å². The van der Waals surface area contributed by atoms with Crippen LogP contribution in [0.5, 0.6) is 0 Å². The van der Waals surface area contributed by atoms with Gasteiger partial charge >= 0.3 is 0 Å². The summed E-state index contributed by atoms with van der Waals surface area (Å²) in [6, 6.07) is 7.03. The maximum Gasteiger partial charge on any atom is 0.242 e. The van der Waals surface area contributed by atoms with Gasteiger partial charge in [0.25, 0.3) is 0 Å². The maximum atomic E-state index is 12.5. The van der Waals surface area contributed by atoms with E-state index < -0.39 is 10.0 Å². The second-order valence-corrected chi connectivity index (χ2v) is 8.28. The van der Waals surface area contributed by atoms with E-state index in [1.54, 1.807) is 18.2 Å². The molecule has 1 atom stereocenters. The summed E-state index contributed by atoms with van der Waals surface area (Å²) in [5, 5.41) is 3.17. The number of hydrogen-bond donors (Lipinski definition) is 2.